The summed E-state index contributed by atoms with van der Waals surface area (Å²) in [6, 6.07) is 11.9. The maximum absolute atomic E-state index is 12.3. The number of ether oxygens (including phenoxy) is 1. The Morgan fingerprint density at radius 2 is 1.84 bits per heavy atom. The van der Waals surface area contributed by atoms with Gasteiger partial charge in [-0.25, -0.2) is 9.67 Å². The molecule has 0 spiro atoms. The van der Waals surface area contributed by atoms with E-state index in [-0.39, 0.29) is 11.8 Å². The minimum absolute atomic E-state index is 0.104. The minimum Gasteiger partial charge on any atom is -0.494 e. The van der Waals surface area contributed by atoms with E-state index in [1.165, 1.54) is 17.3 Å². The van der Waals surface area contributed by atoms with E-state index >= 15 is 0 Å². The van der Waals surface area contributed by atoms with E-state index in [1.807, 2.05) is 19.1 Å². The molecule has 2 N–H and O–H groups in total. The number of rotatable bonds is 9. The Morgan fingerprint density at radius 1 is 1.13 bits per heavy atom. The van der Waals surface area contributed by atoms with Crippen molar-refractivity contribution in [1.29, 1.82) is 0 Å². The maximum atomic E-state index is 12.3. The van der Waals surface area contributed by atoms with Crippen LogP contribution in [0.15, 0.2) is 55.1 Å². The lowest BCUT2D eigenvalue weighted by molar-refractivity contribution is -0.119. The fourth-order valence-electron chi connectivity index (χ4n) is 2.77. The second-order valence-corrected chi connectivity index (χ2v) is 7.44. The highest BCUT2D eigenvalue weighted by Crippen LogP contribution is 2.21. The van der Waals surface area contributed by atoms with Crippen LogP contribution in [0.4, 0.5) is 11.4 Å². The van der Waals surface area contributed by atoms with Crippen molar-refractivity contribution in [3.05, 3.63) is 65.7 Å². The molecule has 0 aliphatic carbocycles. The number of halogens is 1. The van der Waals surface area contributed by atoms with Crippen molar-refractivity contribution in [2.75, 3.05) is 17.2 Å². The van der Waals surface area contributed by atoms with Gasteiger partial charge in [-0.3, -0.25) is 9.59 Å². The number of aromatic nitrogens is 3. The Morgan fingerprint density at radius 3 is 2.48 bits per heavy atom. The second-order valence-electron chi connectivity index (χ2n) is 7.03. The molecule has 9 heteroatoms. The fraction of sp³-hybridized carbons (Fsp3) is 0.273. The molecule has 0 fully saturated rings. The Kier molecular flexibility index (Phi) is 7.61. The zero-order valence-corrected chi connectivity index (χ0v) is 18.1. The third-order valence-corrected chi connectivity index (χ3v) is 5.02. The van der Waals surface area contributed by atoms with Crippen LogP contribution in [0.1, 0.15) is 31.4 Å². The summed E-state index contributed by atoms with van der Waals surface area (Å²) in [5.74, 6) is 0.420. The molecule has 2 aromatic carbocycles. The van der Waals surface area contributed by atoms with Gasteiger partial charge in [0.2, 0.25) is 11.8 Å². The van der Waals surface area contributed by atoms with Crippen molar-refractivity contribution in [3.8, 4) is 5.75 Å². The number of carbonyl (C=O) groups excluding carboxylic acids is 2. The number of hydrogen-bond acceptors (Lipinski definition) is 5. The first-order valence-corrected chi connectivity index (χ1v) is 10.2. The quantitative estimate of drug-likeness (QED) is 0.484. The Bertz CT molecular complexity index is 1020. The molecule has 0 bridgehead atoms. The van der Waals surface area contributed by atoms with Gasteiger partial charge >= 0.3 is 0 Å². The maximum Gasteiger partial charge on any atom is 0.249 e. The van der Waals surface area contributed by atoms with Gasteiger partial charge < -0.3 is 15.4 Å². The van der Waals surface area contributed by atoms with Crippen LogP contribution in [0.3, 0.4) is 0 Å². The van der Waals surface area contributed by atoms with Gasteiger partial charge in [0, 0.05) is 22.8 Å². The molecule has 1 aromatic heterocycles. The minimum atomic E-state index is -0.485. The number of nitrogens with one attached hydrogen (secondary N) is 2. The summed E-state index contributed by atoms with van der Waals surface area (Å²) in [5.41, 5.74) is 2.23. The van der Waals surface area contributed by atoms with Crippen LogP contribution in [-0.4, -0.2) is 33.2 Å². The van der Waals surface area contributed by atoms with Gasteiger partial charge in [-0.1, -0.05) is 11.6 Å². The van der Waals surface area contributed by atoms with E-state index < -0.39 is 6.04 Å². The predicted molar refractivity (Wildman–Crippen MR) is 119 cm³/mol. The third kappa shape index (κ3) is 6.55. The first kappa shape index (κ1) is 22.3. The SMILES string of the molecule is Cc1cc(OCCCC(=O)Nc2ccc(NC(=O)C(C)n3cncn3)cc2)ccc1Cl. The van der Waals surface area contributed by atoms with Crippen molar-refractivity contribution in [2.24, 2.45) is 0 Å². The molecule has 3 rings (SSSR count). The molecule has 2 amide bonds. The van der Waals surface area contributed by atoms with E-state index in [0.29, 0.717) is 35.8 Å². The van der Waals surface area contributed by atoms with Crippen molar-refractivity contribution in [3.63, 3.8) is 0 Å². The summed E-state index contributed by atoms with van der Waals surface area (Å²) in [7, 11) is 0. The number of carbonyl (C=O) groups is 2. The molecule has 0 radical (unpaired) electrons. The third-order valence-electron chi connectivity index (χ3n) is 4.60. The van der Waals surface area contributed by atoms with Gasteiger partial charge in [-0.05, 0) is 68.3 Å². The van der Waals surface area contributed by atoms with Crippen LogP contribution >= 0.6 is 11.6 Å². The summed E-state index contributed by atoms with van der Waals surface area (Å²) in [6.07, 6.45) is 3.79. The van der Waals surface area contributed by atoms with Gasteiger partial charge in [0.1, 0.15) is 24.4 Å². The molecule has 0 saturated carbocycles. The molecule has 0 aliphatic rings. The zero-order chi connectivity index (χ0) is 22.2. The van der Waals surface area contributed by atoms with Gasteiger partial charge in [0.05, 0.1) is 6.61 Å². The molecule has 0 saturated heterocycles. The van der Waals surface area contributed by atoms with Crippen LogP contribution in [0.2, 0.25) is 5.02 Å². The highest BCUT2D eigenvalue weighted by atomic mass is 35.5. The van der Waals surface area contributed by atoms with Gasteiger partial charge in [-0.2, -0.15) is 5.10 Å². The number of benzene rings is 2. The van der Waals surface area contributed by atoms with Crippen molar-refractivity contribution >= 4 is 34.8 Å². The van der Waals surface area contributed by atoms with Crippen LogP contribution < -0.4 is 15.4 Å². The summed E-state index contributed by atoms with van der Waals surface area (Å²) in [5, 5.41) is 10.3. The van der Waals surface area contributed by atoms with Gasteiger partial charge in [0.25, 0.3) is 0 Å². The van der Waals surface area contributed by atoms with Crippen molar-refractivity contribution in [1.82, 2.24) is 14.8 Å². The topological polar surface area (TPSA) is 98.1 Å². The van der Waals surface area contributed by atoms with E-state index in [4.69, 9.17) is 16.3 Å². The monoisotopic (exact) mass is 441 g/mol. The number of anilines is 2. The number of aryl methyl sites for hydroxylation is 1. The molecule has 3 aromatic rings. The van der Waals surface area contributed by atoms with E-state index in [0.717, 1.165) is 11.3 Å². The molecule has 8 nitrogen and oxygen atoms in total. The summed E-state index contributed by atoms with van der Waals surface area (Å²) in [6.45, 7) is 4.08. The van der Waals surface area contributed by atoms with Crippen LogP contribution in [0, 0.1) is 6.92 Å². The normalized spacial score (nSPS) is 11.6. The fourth-order valence-corrected chi connectivity index (χ4v) is 2.89. The van der Waals surface area contributed by atoms with Crippen LogP contribution in [-0.2, 0) is 9.59 Å². The molecule has 31 heavy (non-hydrogen) atoms. The highest BCUT2D eigenvalue weighted by Gasteiger charge is 2.15. The molecule has 0 aliphatic heterocycles. The summed E-state index contributed by atoms with van der Waals surface area (Å²) < 4.78 is 7.13. The molecule has 1 unspecified atom stereocenters. The van der Waals surface area contributed by atoms with Crippen LogP contribution in [0.5, 0.6) is 5.75 Å². The van der Waals surface area contributed by atoms with E-state index in [9.17, 15) is 9.59 Å². The molecule has 1 atom stereocenters. The number of hydrogen-bond donors (Lipinski definition) is 2. The first-order valence-electron chi connectivity index (χ1n) is 9.86. The van der Waals surface area contributed by atoms with Crippen molar-refractivity contribution in [2.45, 2.75) is 32.7 Å². The Balaban J connectivity index is 1.40. The predicted octanol–water partition coefficient (Wildman–Crippen LogP) is 4.24. The lowest BCUT2D eigenvalue weighted by Gasteiger charge is -2.12. The molecular weight excluding hydrogens is 418 g/mol. The number of amides is 2. The van der Waals surface area contributed by atoms with Crippen LogP contribution in [0.25, 0.3) is 0 Å². The first-order chi connectivity index (χ1) is 14.9. The lowest BCUT2D eigenvalue weighted by Crippen LogP contribution is -2.24. The highest BCUT2D eigenvalue weighted by molar-refractivity contribution is 6.31. The van der Waals surface area contributed by atoms with E-state index in [2.05, 4.69) is 20.7 Å². The molecule has 1 heterocycles. The smallest absolute Gasteiger partial charge is 0.249 e. The largest absolute Gasteiger partial charge is 0.494 e. The Labute approximate surface area is 185 Å². The standard InChI is InChI=1S/C22H24ClN5O3/c1-15-12-19(9-10-20(15)23)31-11-3-4-21(29)26-17-5-7-18(8-6-17)27-22(30)16(2)28-14-24-13-25-28/h5-10,12-14,16H,3-4,11H2,1-2H3,(H,26,29)(H,27,30). The average molecular weight is 442 g/mol. The van der Waals surface area contributed by atoms with Gasteiger partial charge in [0.15, 0.2) is 0 Å². The summed E-state index contributed by atoms with van der Waals surface area (Å²) >= 11 is 6.00. The van der Waals surface area contributed by atoms with E-state index in [1.54, 1.807) is 37.3 Å². The number of nitrogens with zero attached hydrogens (tertiary/aromatic N) is 3. The molecular formula is C22H24ClN5O3. The Hall–Kier alpha value is -3.39. The molecule has 162 valence electrons. The average Bonchev–Trinajstić information content (AvgIpc) is 3.29. The second kappa shape index (κ2) is 10.6. The van der Waals surface area contributed by atoms with Gasteiger partial charge in [-0.15, -0.1) is 0 Å². The summed E-state index contributed by atoms with van der Waals surface area (Å²) in [4.78, 5) is 28.2. The zero-order valence-electron chi connectivity index (χ0n) is 17.3. The van der Waals surface area contributed by atoms with Crippen molar-refractivity contribution < 1.29 is 14.3 Å². The lowest BCUT2D eigenvalue weighted by atomic mass is 10.2.